The third kappa shape index (κ3) is 3.82. The summed E-state index contributed by atoms with van der Waals surface area (Å²) < 4.78 is 0. The summed E-state index contributed by atoms with van der Waals surface area (Å²) in [6.07, 6.45) is 2.13. The van der Waals surface area contributed by atoms with Crippen LogP contribution in [0.25, 0.3) is 0 Å². The lowest BCUT2D eigenvalue weighted by Crippen LogP contribution is -2.28. The molecule has 1 nitrogen and oxygen atoms in total. The molecule has 1 aromatic carbocycles. The largest absolute Gasteiger partial charge is 0.316 e. The van der Waals surface area contributed by atoms with Gasteiger partial charge in [0.15, 0.2) is 0 Å². The minimum absolute atomic E-state index is 0.498. The van der Waals surface area contributed by atoms with Gasteiger partial charge in [0.05, 0.1) is 0 Å². The quantitative estimate of drug-likeness (QED) is 0.745. The molecular weight excluding hydrogens is 194 g/mol. The molecule has 0 saturated carbocycles. The smallest absolute Gasteiger partial charge is 0.0141 e. The van der Waals surface area contributed by atoms with Gasteiger partial charge >= 0.3 is 0 Å². The van der Waals surface area contributed by atoms with Crippen LogP contribution in [0.4, 0.5) is 0 Å². The first-order valence-electron chi connectivity index (χ1n) is 5.90. The molecule has 0 fully saturated rings. The number of nitrogens with one attached hydrogen (secondary N) is 1. The number of likely N-dealkylation sites (N-methyl/N-ethyl adjacent to an activating group) is 1. The molecule has 1 atom stereocenters. The zero-order chi connectivity index (χ0) is 12.1. The van der Waals surface area contributed by atoms with E-state index in [1.807, 2.05) is 7.05 Å². The van der Waals surface area contributed by atoms with E-state index in [-0.39, 0.29) is 0 Å². The Morgan fingerprint density at radius 2 is 2.06 bits per heavy atom. The summed E-state index contributed by atoms with van der Waals surface area (Å²) in [6.45, 7) is 10.4. The van der Waals surface area contributed by atoms with Gasteiger partial charge in [-0.3, -0.25) is 0 Å². The molecule has 1 N–H and O–H groups in total. The van der Waals surface area contributed by atoms with Crippen molar-refractivity contribution in [3.63, 3.8) is 0 Å². The van der Waals surface area contributed by atoms with Crippen molar-refractivity contribution < 1.29 is 0 Å². The van der Waals surface area contributed by atoms with Gasteiger partial charge < -0.3 is 5.32 Å². The van der Waals surface area contributed by atoms with Crippen molar-refractivity contribution in [2.45, 2.75) is 39.7 Å². The SMILES string of the molecule is C=C(C)CC(Cc1cc(C)ccc1C)NC. The van der Waals surface area contributed by atoms with Crippen molar-refractivity contribution in [1.82, 2.24) is 5.32 Å². The van der Waals surface area contributed by atoms with Gasteiger partial charge in [-0.25, -0.2) is 0 Å². The number of aryl methyl sites for hydroxylation is 2. The van der Waals surface area contributed by atoms with Crippen LogP contribution in [0.3, 0.4) is 0 Å². The van der Waals surface area contributed by atoms with Gasteiger partial charge in [0.1, 0.15) is 0 Å². The molecule has 1 heteroatoms. The van der Waals surface area contributed by atoms with E-state index in [4.69, 9.17) is 0 Å². The Kier molecular flexibility index (Phi) is 4.75. The van der Waals surface area contributed by atoms with Crippen LogP contribution in [0.5, 0.6) is 0 Å². The third-order valence-corrected chi connectivity index (χ3v) is 2.97. The highest BCUT2D eigenvalue weighted by atomic mass is 14.9. The second-order valence-corrected chi connectivity index (χ2v) is 4.78. The molecule has 0 aromatic heterocycles. The Labute approximate surface area is 99.6 Å². The molecule has 1 rings (SSSR count). The summed E-state index contributed by atoms with van der Waals surface area (Å²) >= 11 is 0. The second kappa shape index (κ2) is 5.86. The fourth-order valence-corrected chi connectivity index (χ4v) is 1.98. The molecule has 1 unspecified atom stereocenters. The minimum atomic E-state index is 0.498. The summed E-state index contributed by atoms with van der Waals surface area (Å²) in [7, 11) is 2.03. The monoisotopic (exact) mass is 217 g/mol. The van der Waals surface area contributed by atoms with Crippen molar-refractivity contribution in [2.75, 3.05) is 7.05 Å². The van der Waals surface area contributed by atoms with Crippen LogP contribution in [0.1, 0.15) is 30.0 Å². The average Bonchev–Trinajstić information content (AvgIpc) is 2.21. The maximum atomic E-state index is 3.98. The summed E-state index contributed by atoms with van der Waals surface area (Å²) in [5, 5.41) is 3.37. The van der Waals surface area contributed by atoms with Gasteiger partial charge in [-0.15, -0.1) is 6.58 Å². The molecule has 88 valence electrons. The first-order valence-corrected chi connectivity index (χ1v) is 5.90. The van der Waals surface area contributed by atoms with Crippen molar-refractivity contribution in [3.8, 4) is 0 Å². The van der Waals surface area contributed by atoms with Gasteiger partial charge in [0, 0.05) is 6.04 Å². The molecule has 0 amide bonds. The standard InChI is InChI=1S/C15H23N/c1-11(2)8-15(16-5)10-14-9-12(3)6-7-13(14)4/h6-7,9,15-16H,1,8,10H2,2-5H3. The molecule has 0 aliphatic carbocycles. The van der Waals surface area contributed by atoms with E-state index >= 15 is 0 Å². The molecule has 0 saturated heterocycles. The normalized spacial score (nSPS) is 12.5. The lowest BCUT2D eigenvalue weighted by molar-refractivity contribution is 0.553. The predicted molar refractivity (Wildman–Crippen MR) is 71.9 cm³/mol. The minimum Gasteiger partial charge on any atom is -0.316 e. The van der Waals surface area contributed by atoms with Crippen molar-refractivity contribution in [3.05, 3.63) is 47.0 Å². The van der Waals surface area contributed by atoms with Crippen LogP contribution < -0.4 is 5.32 Å². The summed E-state index contributed by atoms with van der Waals surface area (Å²) in [4.78, 5) is 0. The molecule has 0 spiro atoms. The topological polar surface area (TPSA) is 12.0 Å². The Bertz CT molecular complexity index is 366. The zero-order valence-electron chi connectivity index (χ0n) is 10.9. The number of hydrogen-bond donors (Lipinski definition) is 1. The third-order valence-electron chi connectivity index (χ3n) is 2.97. The molecule has 0 aliphatic rings. The molecule has 0 bridgehead atoms. The van der Waals surface area contributed by atoms with Gasteiger partial charge in [0.25, 0.3) is 0 Å². The van der Waals surface area contributed by atoms with E-state index < -0.39 is 0 Å². The van der Waals surface area contributed by atoms with E-state index in [1.165, 1.54) is 22.3 Å². The average molecular weight is 217 g/mol. The highest BCUT2D eigenvalue weighted by molar-refractivity contribution is 5.31. The Morgan fingerprint density at radius 3 is 2.62 bits per heavy atom. The fourth-order valence-electron chi connectivity index (χ4n) is 1.98. The van der Waals surface area contributed by atoms with Crippen LogP contribution in [-0.4, -0.2) is 13.1 Å². The van der Waals surface area contributed by atoms with E-state index in [9.17, 15) is 0 Å². The first kappa shape index (κ1) is 13.0. The van der Waals surface area contributed by atoms with Crippen LogP contribution in [0.15, 0.2) is 30.4 Å². The number of benzene rings is 1. The summed E-state index contributed by atoms with van der Waals surface area (Å²) in [6, 6.07) is 7.17. The lowest BCUT2D eigenvalue weighted by atomic mass is 9.96. The highest BCUT2D eigenvalue weighted by Gasteiger charge is 2.09. The molecular formula is C15H23N. The molecule has 1 aromatic rings. The predicted octanol–water partition coefficient (Wildman–Crippen LogP) is 3.40. The zero-order valence-corrected chi connectivity index (χ0v) is 10.9. The van der Waals surface area contributed by atoms with Crippen molar-refractivity contribution >= 4 is 0 Å². The lowest BCUT2D eigenvalue weighted by Gasteiger charge is -2.18. The van der Waals surface area contributed by atoms with Crippen LogP contribution >= 0.6 is 0 Å². The van der Waals surface area contributed by atoms with Gasteiger partial charge in [-0.2, -0.15) is 0 Å². The Balaban J connectivity index is 2.77. The van der Waals surface area contributed by atoms with Gasteiger partial charge in [0.2, 0.25) is 0 Å². The van der Waals surface area contributed by atoms with Crippen molar-refractivity contribution in [1.29, 1.82) is 0 Å². The fraction of sp³-hybridized carbons (Fsp3) is 0.467. The Morgan fingerprint density at radius 1 is 1.38 bits per heavy atom. The van der Waals surface area contributed by atoms with Gasteiger partial charge in [-0.05, 0) is 51.8 Å². The maximum Gasteiger partial charge on any atom is 0.0141 e. The number of hydrogen-bond acceptors (Lipinski definition) is 1. The van der Waals surface area contributed by atoms with Crippen LogP contribution in [0.2, 0.25) is 0 Å². The molecule has 0 heterocycles. The summed E-state index contributed by atoms with van der Waals surface area (Å²) in [5.41, 5.74) is 5.41. The molecule has 16 heavy (non-hydrogen) atoms. The first-order chi connectivity index (χ1) is 7.52. The maximum absolute atomic E-state index is 3.98. The van der Waals surface area contributed by atoms with Crippen LogP contribution in [0, 0.1) is 13.8 Å². The molecule has 0 aliphatic heterocycles. The van der Waals surface area contributed by atoms with Crippen LogP contribution in [-0.2, 0) is 6.42 Å². The van der Waals surface area contributed by atoms with Gasteiger partial charge in [-0.1, -0.05) is 29.3 Å². The highest BCUT2D eigenvalue weighted by Crippen LogP contribution is 2.15. The second-order valence-electron chi connectivity index (χ2n) is 4.78. The van der Waals surface area contributed by atoms with E-state index in [0.717, 1.165) is 12.8 Å². The number of rotatable bonds is 5. The van der Waals surface area contributed by atoms with E-state index in [1.54, 1.807) is 0 Å². The van der Waals surface area contributed by atoms with Crippen molar-refractivity contribution in [2.24, 2.45) is 0 Å². The molecule has 0 radical (unpaired) electrons. The summed E-state index contributed by atoms with van der Waals surface area (Å²) in [5.74, 6) is 0. The van der Waals surface area contributed by atoms with E-state index in [2.05, 4.69) is 50.9 Å². The Hall–Kier alpha value is -1.08. The van der Waals surface area contributed by atoms with E-state index in [0.29, 0.717) is 6.04 Å².